The van der Waals surface area contributed by atoms with Gasteiger partial charge in [-0.15, -0.1) is 11.3 Å². The molecule has 0 unspecified atom stereocenters. The monoisotopic (exact) mass is 252 g/mol. The van der Waals surface area contributed by atoms with Crippen molar-refractivity contribution in [2.24, 2.45) is 0 Å². The fourth-order valence-corrected chi connectivity index (χ4v) is 2.50. The summed E-state index contributed by atoms with van der Waals surface area (Å²) in [4.78, 5) is 12.5. The van der Waals surface area contributed by atoms with Gasteiger partial charge in [0.05, 0.1) is 7.11 Å². The largest absolute Gasteiger partial charge is 0.495 e. The molecule has 0 radical (unpaired) electrons. The van der Waals surface area contributed by atoms with E-state index in [1.165, 1.54) is 16.9 Å². The first-order valence-electron chi connectivity index (χ1n) is 5.59. The van der Waals surface area contributed by atoms with Crippen molar-refractivity contribution in [3.8, 4) is 5.75 Å². The standard InChI is InChI=1S/C12H16N2O2S/c1-16-10-4-7-17-11(10)12(15)14-8-9-2-5-13-6-3-9/h2,4,7,13H,3,5-6,8H2,1H3,(H,14,15). The molecule has 17 heavy (non-hydrogen) atoms. The molecule has 1 aromatic heterocycles. The number of nitrogens with one attached hydrogen (secondary N) is 2. The van der Waals surface area contributed by atoms with Crippen LogP contribution >= 0.6 is 11.3 Å². The van der Waals surface area contributed by atoms with Gasteiger partial charge in [0.15, 0.2) is 0 Å². The SMILES string of the molecule is COc1ccsc1C(=O)NCC1=CCNCC1. The molecule has 0 fully saturated rings. The number of carbonyl (C=O) groups is 1. The first-order valence-corrected chi connectivity index (χ1v) is 6.47. The van der Waals surface area contributed by atoms with E-state index in [1.807, 2.05) is 11.4 Å². The fourth-order valence-electron chi connectivity index (χ4n) is 1.73. The van der Waals surface area contributed by atoms with Crippen LogP contribution in [0.25, 0.3) is 0 Å². The highest BCUT2D eigenvalue weighted by atomic mass is 32.1. The van der Waals surface area contributed by atoms with Crippen LogP contribution in [0.4, 0.5) is 0 Å². The molecule has 0 spiro atoms. The average Bonchev–Trinajstić information content (AvgIpc) is 2.85. The highest BCUT2D eigenvalue weighted by molar-refractivity contribution is 7.12. The molecule has 0 saturated carbocycles. The van der Waals surface area contributed by atoms with E-state index in [0.717, 1.165) is 19.5 Å². The summed E-state index contributed by atoms with van der Waals surface area (Å²) in [6.45, 7) is 2.51. The molecule has 92 valence electrons. The number of hydrogen-bond acceptors (Lipinski definition) is 4. The summed E-state index contributed by atoms with van der Waals surface area (Å²) in [5.41, 5.74) is 1.28. The van der Waals surface area contributed by atoms with E-state index in [4.69, 9.17) is 4.74 Å². The molecule has 2 N–H and O–H groups in total. The van der Waals surface area contributed by atoms with Gasteiger partial charge in [0.2, 0.25) is 0 Å². The summed E-state index contributed by atoms with van der Waals surface area (Å²) in [6.07, 6.45) is 3.14. The molecule has 1 aliphatic rings. The Hall–Kier alpha value is -1.33. The Labute approximate surface area is 105 Å². The third kappa shape index (κ3) is 3.08. The van der Waals surface area contributed by atoms with Crippen LogP contribution in [-0.4, -0.2) is 32.7 Å². The van der Waals surface area contributed by atoms with E-state index in [0.29, 0.717) is 17.2 Å². The second-order valence-corrected chi connectivity index (χ2v) is 4.73. The van der Waals surface area contributed by atoms with E-state index < -0.39 is 0 Å². The zero-order chi connectivity index (χ0) is 12.1. The summed E-state index contributed by atoms with van der Waals surface area (Å²) in [7, 11) is 1.58. The van der Waals surface area contributed by atoms with Crippen molar-refractivity contribution in [1.82, 2.24) is 10.6 Å². The average molecular weight is 252 g/mol. The zero-order valence-electron chi connectivity index (χ0n) is 9.79. The Balaban J connectivity index is 1.91. The zero-order valence-corrected chi connectivity index (χ0v) is 10.6. The fraction of sp³-hybridized carbons (Fsp3) is 0.417. The van der Waals surface area contributed by atoms with Gasteiger partial charge in [0.25, 0.3) is 5.91 Å². The van der Waals surface area contributed by atoms with Crippen molar-refractivity contribution >= 4 is 17.2 Å². The van der Waals surface area contributed by atoms with Crippen molar-refractivity contribution in [1.29, 1.82) is 0 Å². The topological polar surface area (TPSA) is 50.4 Å². The van der Waals surface area contributed by atoms with Crippen LogP contribution < -0.4 is 15.4 Å². The molecule has 1 amide bonds. The molecule has 5 heteroatoms. The maximum atomic E-state index is 11.9. The minimum atomic E-state index is -0.0590. The van der Waals surface area contributed by atoms with Crippen LogP contribution in [0.1, 0.15) is 16.1 Å². The van der Waals surface area contributed by atoms with E-state index in [1.54, 1.807) is 7.11 Å². The Morgan fingerprint density at radius 3 is 3.24 bits per heavy atom. The highest BCUT2D eigenvalue weighted by Crippen LogP contribution is 2.24. The summed E-state index contributed by atoms with van der Waals surface area (Å²) >= 11 is 1.40. The summed E-state index contributed by atoms with van der Waals surface area (Å²) < 4.78 is 5.12. The van der Waals surface area contributed by atoms with Gasteiger partial charge < -0.3 is 15.4 Å². The summed E-state index contributed by atoms with van der Waals surface area (Å²) in [5.74, 6) is 0.586. The third-order valence-electron chi connectivity index (χ3n) is 2.69. The molecule has 0 aromatic carbocycles. The summed E-state index contributed by atoms with van der Waals surface area (Å²) in [6, 6.07) is 1.81. The van der Waals surface area contributed by atoms with Crippen LogP contribution in [0.2, 0.25) is 0 Å². The van der Waals surface area contributed by atoms with Crippen molar-refractivity contribution in [3.63, 3.8) is 0 Å². The lowest BCUT2D eigenvalue weighted by atomic mass is 10.1. The lowest BCUT2D eigenvalue weighted by Crippen LogP contribution is -2.29. The second-order valence-electron chi connectivity index (χ2n) is 3.82. The predicted octanol–water partition coefficient (Wildman–Crippen LogP) is 1.41. The number of rotatable bonds is 4. The number of methoxy groups -OCH3 is 1. The summed E-state index contributed by atoms with van der Waals surface area (Å²) in [5, 5.41) is 8.02. The van der Waals surface area contributed by atoms with Crippen LogP contribution in [0, 0.1) is 0 Å². The number of amides is 1. The van der Waals surface area contributed by atoms with Crippen molar-refractivity contribution < 1.29 is 9.53 Å². The third-order valence-corrected chi connectivity index (χ3v) is 3.58. The molecule has 2 heterocycles. The second kappa shape index (κ2) is 5.84. The molecule has 2 rings (SSSR count). The van der Waals surface area contributed by atoms with Gasteiger partial charge in [-0.05, 0) is 24.4 Å². The van der Waals surface area contributed by atoms with Gasteiger partial charge in [-0.1, -0.05) is 11.6 Å². The minimum Gasteiger partial charge on any atom is -0.495 e. The maximum absolute atomic E-state index is 11.9. The van der Waals surface area contributed by atoms with Crippen LogP contribution in [-0.2, 0) is 0 Å². The van der Waals surface area contributed by atoms with Crippen molar-refractivity contribution in [3.05, 3.63) is 28.0 Å². The van der Waals surface area contributed by atoms with Gasteiger partial charge in [-0.3, -0.25) is 4.79 Å². The first-order chi connectivity index (χ1) is 8.31. The van der Waals surface area contributed by atoms with Gasteiger partial charge in [-0.2, -0.15) is 0 Å². The predicted molar refractivity (Wildman–Crippen MR) is 68.8 cm³/mol. The number of carbonyl (C=O) groups excluding carboxylic acids is 1. The van der Waals surface area contributed by atoms with Gasteiger partial charge in [0.1, 0.15) is 10.6 Å². The molecule has 4 nitrogen and oxygen atoms in total. The number of thiophene rings is 1. The van der Waals surface area contributed by atoms with E-state index in [-0.39, 0.29) is 5.91 Å². The Morgan fingerprint density at radius 1 is 1.65 bits per heavy atom. The normalized spacial score (nSPS) is 15.2. The Kier molecular flexibility index (Phi) is 4.17. The Morgan fingerprint density at radius 2 is 2.53 bits per heavy atom. The van der Waals surface area contributed by atoms with E-state index in [9.17, 15) is 4.79 Å². The van der Waals surface area contributed by atoms with Crippen molar-refractivity contribution in [2.45, 2.75) is 6.42 Å². The quantitative estimate of drug-likeness (QED) is 0.797. The Bertz CT molecular complexity index is 426. The molecule has 1 aliphatic heterocycles. The maximum Gasteiger partial charge on any atom is 0.265 e. The molecular formula is C12H16N2O2S. The van der Waals surface area contributed by atoms with Crippen LogP contribution in [0.5, 0.6) is 5.75 Å². The van der Waals surface area contributed by atoms with Gasteiger partial charge in [0, 0.05) is 13.1 Å². The van der Waals surface area contributed by atoms with Crippen LogP contribution in [0.15, 0.2) is 23.1 Å². The van der Waals surface area contributed by atoms with Gasteiger partial charge >= 0.3 is 0 Å². The van der Waals surface area contributed by atoms with Crippen molar-refractivity contribution in [2.75, 3.05) is 26.7 Å². The van der Waals surface area contributed by atoms with E-state index in [2.05, 4.69) is 16.7 Å². The van der Waals surface area contributed by atoms with E-state index >= 15 is 0 Å². The number of hydrogen-bond donors (Lipinski definition) is 2. The lowest BCUT2D eigenvalue weighted by Gasteiger charge is -2.14. The smallest absolute Gasteiger partial charge is 0.265 e. The highest BCUT2D eigenvalue weighted by Gasteiger charge is 2.14. The lowest BCUT2D eigenvalue weighted by molar-refractivity contribution is 0.0958. The molecule has 0 bridgehead atoms. The molecule has 0 aliphatic carbocycles. The molecular weight excluding hydrogens is 236 g/mol. The minimum absolute atomic E-state index is 0.0590. The number of ether oxygens (including phenoxy) is 1. The molecule has 0 saturated heterocycles. The molecule has 1 aromatic rings. The first kappa shape index (κ1) is 12.1. The van der Waals surface area contributed by atoms with Gasteiger partial charge in [-0.25, -0.2) is 0 Å². The van der Waals surface area contributed by atoms with Crippen LogP contribution in [0.3, 0.4) is 0 Å². The molecule has 0 atom stereocenters.